The molecule has 24 heavy (non-hydrogen) atoms. The van der Waals surface area contributed by atoms with Gasteiger partial charge in [-0.15, -0.1) is 0 Å². The molecule has 2 aliphatic heterocycles. The van der Waals surface area contributed by atoms with Gasteiger partial charge in [0.1, 0.15) is 0 Å². The Hall–Kier alpha value is -2.18. The van der Waals surface area contributed by atoms with Gasteiger partial charge < -0.3 is 14.7 Å². The van der Waals surface area contributed by atoms with E-state index in [0.717, 1.165) is 21.4 Å². The lowest BCUT2D eigenvalue weighted by Gasteiger charge is -2.34. The van der Waals surface area contributed by atoms with Crippen LogP contribution in [0.25, 0.3) is 0 Å². The zero-order valence-electron chi connectivity index (χ0n) is 13.1. The maximum Gasteiger partial charge on any atom is 0.338 e. The molecule has 1 atom stereocenters. The van der Waals surface area contributed by atoms with E-state index in [1.54, 1.807) is 30.3 Å². The minimum atomic E-state index is -1.05. The van der Waals surface area contributed by atoms with Crippen molar-refractivity contribution in [3.05, 3.63) is 75.8 Å². The first-order chi connectivity index (χ1) is 11.6. The van der Waals surface area contributed by atoms with Crippen molar-refractivity contribution < 1.29 is 14.6 Å². The predicted molar refractivity (Wildman–Crippen MR) is 93.5 cm³/mol. The average molecular weight is 389 g/mol. The van der Waals surface area contributed by atoms with E-state index in [4.69, 9.17) is 4.74 Å². The van der Waals surface area contributed by atoms with E-state index < -0.39 is 12.2 Å². The summed E-state index contributed by atoms with van der Waals surface area (Å²) in [4.78, 5) is 18.2. The van der Waals surface area contributed by atoms with Gasteiger partial charge in [0.25, 0.3) is 0 Å². The second kappa shape index (κ2) is 7.15. The summed E-state index contributed by atoms with van der Waals surface area (Å²) >= 11 is 3.37. The first kappa shape index (κ1) is 16.7. The number of carbonyl (C=O) groups is 1. The van der Waals surface area contributed by atoms with E-state index in [0.29, 0.717) is 6.42 Å². The van der Waals surface area contributed by atoms with Crippen molar-refractivity contribution in [2.75, 3.05) is 6.61 Å². The van der Waals surface area contributed by atoms with Crippen LogP contribution in [0.1, 0.15) is 12.6 Å². The third kappa shape index (κ3) is 3.34. The van der Waals surface area contributed by atoms with E-state index in [2.05, 4.69) is 20.9 Å². The molecular weight excluding hydrogens is 372 g/mol. The topological polar surface area (TPSA) is 62.7 Å². The van der Waals surface area contributed by atoms with Crippen molar-refractivity contribution in [3.63, 3.8) is 0 Å². The second-order valence-corrected chi connectivity index (χ2v) is 6.27. The highest BCUT2D eigenvalue weighted by Gasteiger charge is 2.31. The Kier molecular flexibility index (Phi) is 4.97. The van der Waals surface area contributed by atoms with Gasteiger partial charge in [0.2, 0.25) is 0 Å². The van der Waals surface area contributed by atoms with E-state index in [9.17, 15) is 9.90 Å². The fraction of sp³-hybridized carbons (Fsp3) is 0.222. The number of pyridine rings is 1. The summed E-state index contributed by atoms with van der Waals surface area (Å²) in [7, 11) is 0. The molecule has 0 fully saturated rings. The molecule has 0 saturated heterocycles. The van der Waals surface area contributed by atoms with Crippen LogP contribution in [0.5, 0.6) is 0 Å². The molecule has 0 amide bonds. The van der Waals surface area contributed by atoms with E-state index in [1.807, 2.05) is 30.4 Å². The molecule has 124 valence electrons. The largest absolute Gasteiger partial charge is 0.463 e. The summed E-state index contributed by atoms with van der Waals surface area (Å²) in [5, 5.41) is 10.5. The molecule has 3 heterocycles. The lowest BCUT2D eigenvalue weighted by molar-refractivity contribution is -0.140. The van der Waals surface area contributed by atoms with Crippen molar-refractivity contribution in [2.24, 2.45) is 0 Å². The average Bonchev–Trinajstić information content (AvgIpc) is 2.59. The molecule has 6 heteroatoms. The summed E-state index contributed by atoms with van der Waals surface area (Å²) in [5.74, 6) is -0.506. The molecule has 1 N–H and O–H groups in total. The number of nitrogens with zero attached hydrogens (tertiary/aromatic N) is 2. The van der Waals surface area contributed by atoms with Gasteiger partial charge in [-0.05, 0) is 58.8 Å². The van der Waals surface area contributed by atoms with Gasteiger partial charge in [-0.1, -0.05) is 6.08 Å². The highest BCUT2D eigenvalue weighted by Crippen LogP contribution is 2.31. The Morgan fingerprint density at radius 2 is 2.25 bits per heavy atom. The number of ether oxygens (including phenoxy) is 1. The second-order valence-electron chi connectivity index (χ2n) is 5.36. The van der Waals surface area contributed by atoms with Gasteiger partial charge in [0, 0.05) is 34.7 Å². The smallest absolute Gasteiger partial charge is 0.338 e. The SMILES string of the molecule is CCOC(=O)C1=CC(Cc2ccc(Br)cn2)=C2C=CC=CN2C1O. The van der Waals surface area contributed by atoms with E-state index in [1.165, 1.54) is 0 Å². The Labute approximate surface area is 148 Å². The Bertz CT molecular complexity index is 763. The van der Waals surface area contributed by atoms with Crippen molar-refractivity contribution in [1.29, 1.82) is 0 Å². The number of halogens is 1. The standard InChI is InChI=1S/C18H17BrN2O3/c1-2-24-18(23)15-10-12(9-14-7-6-13(19)11-20-14)16-5-3-4-8-21(16)17(15)22/h3-8,10-11,17,22H,2,9H2,1H3. The van der Waals surface area contributed by atoms with Crippen LogP contribution in [0.2, 0.25) is 0 Å². The molecule has 0 spiro atoms. The van der Waals surface area contributed by atoms with Gasteiger partial charge >= 0.3 is 5.97 Å². The number of fused-ring (bicyclic) bond motifs is 1. The quantitative estimate of drug-likeness (QED) is 0.803. The van der Waals surface area contributed by atoms with E-state index in [-0.39, 0.29) is 12.2 Å². The number of aliphatic hydroxyl groups is 1. The molecule has 5 nitrogen and oxygen atoms in total. The number of hydrogen-bond donors (Lipinski definition) is 1. The third-order valence-electron chi connectivity index (χ3n) is 3.76. The molecule has 0 saturated carbocycles. The van der Waals surface area contributed by atoms with Crippen molar-refractivity contribution in [2.45, 2.75) is 19.6 Å². The van der Waals surface area contributed by atoms with Crippen molar-refractivity contribution >= 4 is 21.9 Å². The maximum absolute atomic E-state index is 12.2. The van der Waals surface area contributed by atoms with Gasteiger partial charge in [-0.3, -0.25) is 4.98 Å². The molecule has 0 bridgehead atoms. The summed E-state index contributed by atoms with van der Waals surface area (Å²) in [6, 6.07) is 3.85. The Morgan fingerprint density at radius 1 is 1.42 bits per heavy atom. The van der Waals surface area contributed by atoms with Gasteiger partial charge in [-0.2, -0.15) is 0 Å². The molecule has 0 radical (unpaired) electrons. The highest BCUT2D eigenvalue weighted by atomic mass is 79.9. The highest BCUT2D eigenvalue weighted by molar-refractivity contribution is 9.10. The van der Waals surface area contributed by atoms with E-state index >= 15 is 0 Å². The number of hydrogen-bond acceptors (Lipinski definition) is 5. The van der Waals surface area contributed by atoms with Crippen LogP contribution in [-0.2, 0) is 16.0 Å². The van der Waals surface area contributed by atoms with Crippen LogP contribution in [0.3, 0.4) is 0 Å². The molecule has 2 aliphatic rings. The minimum Gasteiger partial charge on any atom is -0.463 e. The zero-order valence-corrected chi connectivity index (χ0v) is 14.7. The van der Waals surface area contributed by atoms with Crippen LogP contribution in [0, 0.1) is 0 Å². The maximum atomic E-state index is 12.2. The number of aliphatic hydroxyl groups excluding tert-OH is 1. The normalized spacial score (nSPS) is 19.2. The lowest BCUT2D eigenvalue weighted by Crippen LogP contribution is -2.38. The first-order valence-corrected chi connectivity index (χ1v) is 8.43. The molecule has 1 aromatic heterocycles. The number of aromatic nitrogens is 1. The number of esters is 1. The minimum absolute atomic E-state index is 0.229. The van der Waals surface area contributed by atoms with Crippen molar-refractivity contribution in [3.8, 4) is 0 Å². The summed E-state index contributed by atoms with van der Waals surface area (Å²) in [5.41, 5.74) is 2.86. The molecule has 1 unspecified atom stereocenters. The van der Waals surface area contributed by atoms with Gasteiger partial charge in [0.15, 0.2) is 6.23 Å². The monoisotopic (exact) mass is 388 g/mol. The number of rotatable bonds is 4. The van der Waals surface area contributed by atoms with Crippen LogP contribution in [-0.4, -0.2) is 33.8 Å². The van der Waals surface area contributed by atoms with Gasteiger partial charge in [-0.25, -0.2) is 4.79 Å². The van der Waals surface area contributed by atoms with Crippen molar-refractivity contribution in [1.82, 2.24) is 9.88 Å². The molecular formula is C18H17BrN2O3. The molecule has 0 aliphatic carbocycles. The van der Waals surface area contributed by atoms with Crippen LogP contribution in [0.4, 0.5) is 0 Å². The Balaban J connectivity index is 1.99. The number of carbonyl (C=O) groups excluding carboxylic acids is 1. The predicted octanol–water partition coefficient (Wildman–Crippen LogP) is 2.85. The molecule has 1 aromatic rings. The molecule has 0 aromatic carbocycles. The first-order valence-electron chi connectivity index (χ1n) is 7.63. The van der Waals surface area contributed by atoms with Crippen LogP contribution < -0.4 is 0 Å². The molecule has 3 rings (SSSR count). The van der Waals surface area contributed by atoms with Crippen LogP contribution in [0.15, 0.2) is 70.1 Å². The Morgan fingerprint density at radius 3 is 2.96 bits per heavy atom. The summed E-state index contributed by atoms with van der Waals surface area (Å²) < 4.78 is 5.98. The fourth-order valence-corrected chi connectivity index (χ4v) is 2.89. The van der Waals surface area contributed by atoms with Crippen LogP contribution >= 0.6 is 15.9 Å². The fourth-order valence-electron chi connectivity index (χ4n) is 2.65. The lowest BCUT2D eigenvalue weighted by atomic mass is 9.96. The summed E-state index contributed by atoms with van der Waals surface area (Å²) in [6.45, 7) is 2.00. The van der Waals surface area contributed by atoms with Gasteiger partial charge in [0.05, 0.1) is 12.2 Å². The summed E-state index contributed by atoms with van der Waals surface area (Å²) in [6.07, 6.45) is 10.3. The zero-order chi connectivity index (χ0) is 17.1. The number of allylic oxidation sites excluding steroid dienone is 5. The third-order valence-corrected chi connectivity index (χ3v) is 4.23.